The average Bonchev–Trinajstić information content (AvgIpc) is 3.24. The minimum atomic E-state index is 1.18. The Bertz CT molecular complexity index is 1200. The Morgan fingerprint density at radius 3 is 1.76 bits per heavy atom. The van der Waals surface area contributed by atoms with Gasteiger partial charge in [0.25, 0.3) is 0 Å². The molecule has 29 heavy (non-hydrogen) atoms. The molecule has 0 fully saturated rings. The maximum atomic E-state index is 2.28. The fourth-order valence-corrected chi connectivity index (χ4v) is 4.70. The summed E-state index contributed by atoms with van der Waals surface area (Å²) in [7, 11) is 2.12. The third-order valence-corrected chi connectivity index (χ3v) is 6.49. The van der Waals surface area contributed by atoms with E-state index in [1.54, 1.807) is 0 Å². The maximum Gasteiger partial charge on any atom is 0.0408 e. The molecule has 0 unspecified atom stereocenters. The Kier molecular flexibility index (Phi) is 4.63. The summed E-state index contributed by atoms with van der Waals surface area (Å²) in [6.45, 7) is 0. The second kappa shape index (κ2) is 7.57. The molecule has 0 radical (unpaired) electrons. The van der Waals surface area contributed by atoms with Crippen LogP contribution in [0.15, 0.2) is 109 Å². The molecule has 0 bridgehead atoms. The van der Waals surface area contributed by atoms with Gasteiger partial charge in [0.2, 0.25) is 0 Å². The highest BCUT2D eigenvalue weighted by Gasteiger charge is 2.07. The van der Waals surface area contributed by atoms with Crippen molar-refractivity contribution in [2.75, 3.05) is 11.9 Å². The van der Waals surface area contributed by atoms with E-state index in [0.717, 1.165) is 0 Å². The van der Waals surface area contributed by atoms with Crippen LogP contribution in [0.2, 0.25) is 0 Å². The summed E-state index contributed by atoms with van der Waals surface area (Å²) >= 11 is 1.85. The van der Waals surface area contributed by atoms with Crippen molar-refractivity contribution in [1.29, 1.82) is 0 Å². The first-order valence-corrected chi connectivity index (χ1v) is 10.6. The predicted octanol–water partition coefficient (Wildman–Crippen LogP) is 8.00. The van der Waals surface area contributed by atoms with Crippen LogP contribution >= 0.6 is 11.3 Å². The monoisotopic (exact) mass is 391 g/mol. The van der Waals surface area contributed by atoms with Crippen LogP contribution in [0.1, 0.15) is 0 Å². The lowest BCUT2D eigenvalue weighted by atomic mass is 10.1. The van der Waals surface area contributed by atoms with Gasteiger partial charge in [-0.25, -0.2) is 0 Å². The molecule has 0 aliphatic heterocycles. The van der Waals surface area contributed by atoms with E-state index < -0.39 is 0 Å². The van der Waals surface area contributed by atoms with Gasteiger partial charge in [-0.2, -0.15) is 0 Å². The molecule has 5 rings (SSSR count). The third-order valence-electron chi connectivity index (χ3n) is 5.33. The molecule has 1 heterocycles. The van der Waals surface area contributed by atoms with Gasteiger partial charge in [0.05, 0.1) is 0 Å². The van der Waals surface area contributed by atoms with Crippen LogP contribution in [0, 0.1) is 0 Å². The zero-order valence-corrected chi connectivity index (χ0v) is 17.1. The number of anilines is 2. The van der Waals surface area contributed by atoms with Crippen LogP contribution < -0.4 is 4.90 Å². The van der Waals surface area contributed by atoms with E-state index in [9.17, 15) is 0 Å². The highest BCUT2D eigenvalue weighted by Crippen LogP contribution is 2.35. The highest BCUT2D eigenvalue weighted by atomic mass is 32.1. The van der Waals surface area contributed by atoms with Gasteiger partial charge in [0.1, 0.15) is 0 Å². The van der Waals surface area contributed by atoms with Gasteiger partial charge in [-0.3, -0.25) is 0 Å². The van der Waals surface area contributed by atoms with Gasteiger partial charge < -0.3 is 4.90 Å². The molecular formula is C27H21NS. The molecule has 0 amide bonds. The zero-order valence-electron chi connectivity index (χ0n) is 16.2. The lowest BCUT2D eigenvalue weighted by Gasteiger charge is -2.20. The summed E-state index contributed by atoms with van der Waals surface area (Å²) in [6, 6.07) is 38.9. The van der Waals surface area contributed by atoms with E-state index in [0.29, 0.717) is 0 Å². The number of hydrogen-bond acceptors (Lipinski definition) is 2. The van der Waals surface area contributed by atoms with E-state index in [1.807, 2.05) is 17.4 Å². The zero-order chi connectivity index (χ0) is 19.6. The van der Waals surface area contributed by atoms with Gasteiger partial charge in [0.15, 0.2) is 0 Å². The van der Waals surface area contributed by atoms with Crippen LogP contribution in [0.4, 0.5) is 11.4 Å². The average molecular weight is 392 g/mol. The summed E-state index contributed by atoms with van der Waals surface area (Å²) in [4.78, 5) is 3.54. The number of rotatable bonds is 4. The molecular weight excluding hydrogens is 370 g/mol. The van der Waals surface area contributed by atoms with Crippen molar-refractivity contribution in [3.05, 3.63) is 109 Å². The lowest BCUT2D eigenvalue weighted by molar-refractivity contribution is 1.21. The maximum absolute atomic E-state index is 2.28. The summed E-state index contributed by atoms with van der Waals surface area (Å²) in [5, 5.41) is 1.31. The number of hydrogen-bond donors (Lipinski definition) is 0. The molecule has 4 aromatic carbocycles. The Labute approximate surface area is 175 Å². The smallest absolute Gasteiger partial charge is 0.0408 e. The Morgan fingerprint density at radius 2 is 1.10 bits per heavy atom. The summed E-state index contributed by atoms with van der Waals surface area (Å²) in [5.41, 5.74) is 6.11. The van der Waals surface area contributed by atoms with Gasteiger partial charge >= 0.3 is 0 Å². The van der Waals surface area contributed by atoms with Crippen LogP contribution in [-0.4, -0.2) is 7.05 Å². The van der Waals surface area contributed by atoms with Crippen molar-refractivity contribution >= 4 is 32.8 Å². The fraction of sp³-hybridized carbons (Fsp3) is 0.0370. The molecule has 0 atom stereocenters. The quantitative estimate of drug-likeness (QED) is 0.300. The van der Waals surface area contributed by atoms with Crippen LogP contribution in [-0.2, 0) is 0 Å². The first kappa shape index (κ1) is 17.7. The van der Waals surface area contributed by atoms with E-state index in [1.165, 1.54) is 43.0 Å². The number of benzene rings is 4. The largest absolute Gasteiger partial charge is 0.345 e. The molecule has 1 nitrogen and oxygen atoms in total. The first-order valence-electron chi connectivity index (χ1n) is 9.76. The van der Waals surface area contributed by atoms with E-state index in [2.05, 4.69) is 115 Å². The molecule has 0 saturated heterocycles. The van der Waals surface area contributed by atoms with Crippen molar-refractivity contribution in [2.24, 2.45) is 0 Å². The van der Waals surface area contributed by atoms with Crippen LogP contribution in [0.25, 0.3) is 31.7 Å². The van der Waals surface area contributed by atoms with Crippen molar-refractivity contribution in [3.63, 3.8) is 0 Å². The Hall–Kier alpha value is -3.36. The summed E-state index contributed by atoms with van der Waals surface area (Å²) in [6.07, 6.45) is 0. The topological polar surface area (TPSA) is 3.24 Å². The second-order valence-electron chi connectivity index (χ2n) is 7.17. The molecule has 0 spiro atoms. The summed E-state index contributed by atoms with van der Waals surface area (Å²) < 4.78 is 1.34. The fourth-order valence-electron chi connectivity index (χ4n) is 3.63. The molecule has 0 aliphatic carbocycles. The van der Waals surface area contributed by atoms with Crippen molar-refractivity contribution in [1.82, 2.24) is 0 Å². The van der Waals surface area contributed by atoms with Gasteiger partial charge in [0, 0.05) is 28.0 Å². The molecule has 0 saturated carbocycles. The highest BCUT2D eigenvalue weighted by molar-refractivity contribution is 7.22. The number of nitrogens with zero attached hydrogens (tertiary/aromatic N) is 1. The third kappa shape index (κ3) is 3.55. The van der Waals surface area contributed by atoms with E-state index in [-0.39, 0.29) is 0 Å². The summed E-state index contributed by atoms with van der Waals surface area (Å²) in [5.74, 6) is 0. The minimum Gasteiger partial charge on any atom is -0.345 e. The standard InChI is InChI=1S/C27H21NS/c1-28(24-15-11-21(12-16-24)20-7-3-2-4-8-20)25-17-13-22(14-18-25)27-19-23-9-5-6-10-26(23)29-27/h2-19H,1H3. The van der Waals surface area contributed by atoms with Crippen molar-refractivity contribution < 1.29 is 0 Å². The molecule has 2 heteroatoms. The molecule has 1 aromatic heterocycles. The predicted molar refractivity (Wildman–Crippen MR) is 127 cm³/mol. The minimum absolute atomic E-state index is 1.18. The van der Waals surface area contributed by atoms with Gasteiger partial charge in [-0.15, -0.1) is 11.3 Å². The SMILES string of the molecule is CN(c1ccc(-c2ccccc2)cc1)c1ccc(-c2cc3ccccc3s2)cc1. The molecule has 140 valence electrons. The normalized spacial score (nSPS) is 10.9. The van der Waals surface area contributed by atoms with Crippen molar-refractivity contribution in [3.8, 4) is 21.6 Å². The Balaban J connectivity index is 1.38. The lowest BCUT2D eigenvalue weighted by Crippen LogP contribution is -2.08. The Morgan fingerprint density at radius 1 is 0.552 bits per heavy atom. The van der Waals surface area contributed by atoms with Crippen molar-refractivity contribution in [2.45, 2.75) is 0 Å². The first-order chi connectivity index (χ1) is 14.3. The molecule has 0 aliphatic rings. The number of fused-ring (bicyclic) bond motifs is 1. The molecule has 5 aromatic rings. The van der Waals surface area contributed by atoms with E-state index in [4.69, 9.17) is 0 Å². The van der Waals surface area contributed by atoms with E-state index >= 15 is 0 Å². The van der Waals surface area contributed by atoms with Crippen LogP contribution in [0.5, 0.6) is 0 Å². The van der Waals surface area contributed by atoms with Gasteiger partial charge in [-0.1, -0.05) is 72.8 Å². The van der Waals surface area contributed by atoms with Gasteiger partial charge in [-0.05, 0) is 58.5 Å². The second-order valence-corrected chi connectivity index (χ2v) is 8.25. The van der Waals surface area contributed by atoms with Crippen LogP contribution in [0.3, 0.4) is 0 Å². The molecule has 0 N–H and O–H groups in total. The number of thiophene rings is 1.